The number of nitrogens with two attached hydrogens (primary N) is 1. The molecule has 2 fully saturated rings. The Balaban J connectivity index is 2.05. The summed E-state index contributed by atoms with van der Waals surface area (Å²) in [4.78, 5) is 0. The topological polar surface area (TPSA) is 35.2 Å². The minimum Gasteiger partial charge on any atom is -0.376 e. The summed E-state index contributed by atoms with van der Waals surface area (Å²) in [5.74, 6) is 1.90. The third kappa shape index (κ3) is 1.95. The Bertz CT molecular complexity index is 192. The first kappa shape index (κ1) is 10.8. The van der Waals surface area contributed by atoms with Crippen molar-refractivity contribution in [3.05, 3.63) is 0 Å². The van der Waals surface area contributed by atoms with Crippen molar-refractivity contribution in [2.75, 3.05) is 18.9 Å². The fourth-order valence-corrected chi connectivity index (χ4v) is 4.25. The molecule has 0 radical (unpaired) electrons. The first-order chi connectivity index (χ1) is 6.76. The summed E-state index contributed by atoms with van der Waals surface area (Å²) in [6, 6.07) is 0. The maximum Gasteiger partial charge on any atom is 0.0759 e. The Morgan fingerprint density at radius 2 is 2.36 bits per heavy atom. The van der Waals surface area contributed by atoms with Gasteiger partial charge in [-0.2, -0.15) is 11.8 Å². The van der Waals surface area contributed by atoms with Crippen LogP contribution in [0, 0.1) is 5.92 Å². The molecule has 3 unspecified atom stereocenters. The van der Waals surface area contributed by atoms with Gasteiger partial charge >= 0.3 is 0 Å². The highest BCUT2D eigenvalue weighted by atomic mass is 32.2. The van der Waals surface area contributed by atoms with Crippen LogP contribution in [0.15, 0.2) is 0 Å². The van der Waals surface area contributed by atoms with Crippen molar-refractivity contribution < 1.29 is 4.74 Å². The van der Waals surface area contributed by atoms with Crippen LogP contribution in [0.5, 0.6) is 0 Å². The summed E-state index contributed by atoms with van der Waals surface area (Å²) in [5.41, 5.74) is 5.83. The van der Waals surface area contributed by atoms with Crippen LogP contribution >= 0.6 is 11.8 Å². The second-order valence-electron chi connectivity index (χ2n) is 4.69. The fraction of sp³-hybridized carbons (Fsp3) is 1.00. The molecular weight excluding hydrogens is 194 g/mol. The minimum atomic E-state index is 0.352. The predicted molar refractivity (Wildman–Crippen MR) is 61.6 cm³/mol. The van der Waals surface area contributed by atoms with Crippen LogP contribution in [0.2, 0.25) is 0 Å². The lowest BCUT2D eigenvalue weighted by Gasteiger charge is -2.41. The van der Waals surface area contributed by atoms with E-state index in [0.29, 0.717) is 16.8 Å². The lowest BCUT2D eigenvalue weighted by atomic mass is 9.84. The number of rotatable bonds is 2. The molecule has 0 saturated carbocycles. The summed E-state index contributed by atoms with van der Waals surface area (Å²) in [6.07, 6.45) is 5.52. The lowest BCUT2D eigenvalue weighted by molar-refractivity contribution is -0.0432. The molecule has 2 heterocycles. The summed E-state index contributed by atoms with van der Waals surface area (Å²) >= 11 is 2.09. The summed E-state index contributed by atoms with van der Waals surface area (Å²) < 4.78 is 6.32. The highest BCUT2D eigenvalue weighted by molar-refractivity contribution is 8.00. The van der Waals surface area contributed by atoms with Gasteiger partial charge in [-0.3, -0.25) is 0 Å². The maximum absolute atomic E-state index is 5.97. The smallest absolute Gasteiger partial charge is 0.0759 e. The average molecular weight is 215 g/mol. The molecule has 2 saturated heterocycles. The molecule has 0 aromatic carbocycles. The molecule has 0 aromatic heterocycles. The molecule has 3 atom stereocenters. The van der Waals surface area contributed by atoms with Crippen molar-refractivity contribution in [1.82, 2.24) is 0 Å². The van der Waals surface area contributed by atoms with Gasteiger partial charge in [0.15, 0.2) is 0 Å². The van der Waals surface area contributed by atoms with Crippen LogP contribution in [-0.4, -0.2) is 29.8 Å². The highest BCUT2D eigenvalue weighted by Crippen LogP contribution is 2.45. The van der Waals surface area contributed by atoms with Gasteiger partial charge in [0.25, 0.3) is 0 Å². The van der Waals surface area contributed by atoms with E-state index in [1.807, 2.05) is 0 Å². The van der Waals surface area contributed by atoms with Gasteiger partial charge in [0.05, 0.1) is 6.10 Å². The molecule has 2 nitrogen and oxygen atoms in total. The molecule has 0 spiro atoms. The molecule has 2 aliphatic rings. The molecule has 2 N–H and O–H groups in total. The van der Waals surface area contributed by atoms with Crippen molar-refractivity contribution >= 4 is 11.8 Å². The van der Waals surface area contributed by atoms with E-state index >= 15 is 0 Å². The van der Waals surface area contributed by atoms with E-state index in [9.17, 15) is 0 Å². The largest absolute Gasteiger partial charge is 0.376 e. The molecule has 0 bridgehead atoms. The Morgan fingerprint density at radius 1 is 1.50 bits per heavy atom. The Kier molecular flexibility index (Phi) is 3.40. The van der Waals surface area contributed by atoms with E-state index in [1.165, 1.54) is 31.4 Å². The Labute approximate surface area is 91.0 Å². The predicted octanol–water partition coefficient (Wildman–Crippen LogP) is 2.03. The van der Waals surface area contributed by atoms with Gasteiger partial charge in [0.1, 0.15) is 0 Å². The quantitative estimate of drug-likeness (QED) is 0.765. The van der Waals surface area contributed by atoms with Gasteiger partial charge in [0, 0.05) is 11.4 Å². The fourth-order valence-electron chi connectivity index (χ4n) is 2.78. The van der Waals surface area contributed by atoms with E-state index in [4.69, 9.17) is 10.5 Å². The van der Waals surface area contributed by atoms with Crippen molar-refractivity contribution in [1.29, 1.82) is 0 Å². The average Bonchev–Trinajstić information content (AvgIpc) is 2.66. The zero-order chi connectivity index (χ0) is 10.0. The second kappa shape index (κ2) is 4.42. The number of ether oxygens (including phenoxy) is 1. The molecule has 82 valence electrons. The third-order valence-electron chi connectivity index (χ3n) is 3.60. The molecule has 0 aromatic rings. The normalized spacial score (nSPS) is 44.1. The van der Waals surface area contributed by atoms with Crippen LogP contribution < -0.4 is 5.73 Å². The van der Waals surface area contributed by atoms with E-state index in [0.717, 1.165) is 13.2 Å². The monoisotopic (exact) mass is 215 g/mol. The highest BCUT2D eigenvalue weighted by Gasteiger charge is 2.43. The van der Waals surface area contributed by atoms with Gasteiger partial charge in [-0.1, -0.05) is 0 Å². The zero-order valence-electron chi connectivity index (χ0n) is 9.00. The molecule has 2 aliphatic heterocycles. The van der Waals surface area contributed by atoms with Crippen LogP contribution in [0.3, 0.4) is 0 Å². The number of hydrogen-bond acceptors (Lipinski definition) is 3. The van der Waals surface area contributed by atoms with Crippen molar-refractivity contribution in [2.45, 2.75) is 43.5 Å². The van der Waals surface area contributed by atoms with Gasteiger partial charge < -0.3 is 10.5 Å². The van der Waals surface area contributed by atoms with Crippen molar-refractivity contribution in [2.24, 2.45) is 11.7 Å². The molecule has 2 rings (SSSR count). The minimum absolute atomic E-state index is 0.352. The van der Waals surface area contributed by atoms with Gasteiger partial charge in [-0.05, 0) is 50.8 Å². The summed E-state index contributed by atoms with van der Waals surface area (Å²) in [7, 11) is 0. The van der Waals surface area contributed by atoms with E-state index in [-0.39, 0.29) is 0 Å². The first-order valence-corrected chi connectivity index (χ1v) is 6.70. The molecule has 0 aliphatic carbocycles. The van der Waals surface area contributed by atoms with Gasteiger partial charge in [-0.25, -0.2) is 0 Å². The van der Waals surface area contributed by atoms with Gasteiger partial charge in [0.2, 0.25) is 0 Å². The van der Waals surface area contributed by atoms with Crippen molar-refractivity contribution in [3.8, 4) is 0 Å². The molecule has 14 heavy (non-hydrogen) atoms. The van der Waals surface area contributed by atoms with Crippen molar-refractivity contribution in [3.63, 3.8) is 0 Å². The summed E-state index contributed by atoms with van der Waals surface area (Å²) in [6.45, 7) is 4.10. The molecule has 3 heteroatoms. The van der Waals surface area contributed by atoms with Gasteiger partial charge in [-0.15, -0.1) is 0 Å². The Hall–Kier alpha value is 0.270. The Morgan fingerprint density at radius 3 is 3.00 bits per heavy atom. The second-order valence-corrected chi connectivity index (χ2v) is 6.32. The zero-order valence-corrected chi connectivity index (χ0v) is 9.81. The SMILES string of the molecule is CC1(C2OCCCC2CN)CCCS1. The van der Waals surface area contributed by atoms with E-state index < -0.39 is 0 Å². The van der Waals surface area contributed by atoms with E-state index in [1.54, 1.807) is 0 Å². The van der Waals surface area contributed by atoms with E-state index in [2.05, 4.69) is 18.7 Å². The van der Waals surface area contributed by atoms with Crippen LogP contribution in [0.4, 0.5) is 0 Å². The van der Waals surface area contributed by atoms with Crippen LogP contribution in [0.25, 0.3) is 0 Å². The lowest BCUT2D eigenvalue weighted by Crippen LogP contribution is -2.47. The first-order valence-electron chi connectivity index (χ1n) is 5.72. The third-order valence-corrected chi connectivity index (χ3v) is 5.19. The van der Waals surface area contributed by atoms with Crippen LogP contribution in [0.1, 0.15) is 32.6 Å². The number of thioether (sulfide) groups is 1. The molecule has 0 amide bonds. The maximum atomic E-state index is 5.97. The molecular formula is C11H21NOS. The number of hydrogen-bond donors (Lipinski definition) is 1. The standard InChI is InChI=1S/C11H21NOS/c1-11(5-3-7-14-11)10-9(8-12)4-2-6-13-10/h9-10H,2-8,12H2,1H3. The van der Waals surface area contributed by atoms with Crippen LogP contribution in [-0.2, 0) is 4.74 Å². The summed E-state index contributed by atoms with van der Waals surface area (Å²) in [5, 5.41) is 0.